The molecule has 0 fully saturated rings. The lowest BCUT2D eigenvalue weighted by atomic mass is 9.82. The molecule has 0 unspecified atom stereocenters. The zero-order valence-corrected chi connectivity index (χ0v) is 33.8. The van der Waals surface area contributed by atoms with E-state index in [9.17, 15) is 0 Å². The van der Waals surface area contributed by atoms with E-state index in [1.165, 1.54) is 88.3 Å². The third kappa shape index (κ3) is 5.85. The molecule has 0 amide bonds. The Balaban J connectivity index is 1.26. The maximum Gasteiger partial charge on any atom is 0.0624 e. The summed E-state index contributed by atoms with van der Waals surface area (Å²) in [6.07, 6.45) is 0. The number of anilines is 3. The van der Waals surface area contributed by atoms with Gasteiger partial charge in [-0.2, -0.15) is 0 Å². The van der Waals surface area contributed by atoms with Crippen molar-refractivity contribution in [2.75, 3.05) is 4.90 Å². The fraction of sp³-hybridized carbons (Fsp3) is 0.0508. The van der Waals surface area contributed by atoms with E-state index in [0.29, 0.717) is 0 Å². The molecule has 284 valence electrons. The van der Waals surface area contributed by atoms with Crippen LogP contribution in [0.25, 0.3) is 77.2 Å². The second kappa shape index (κ2) is 14.4. The van der Waals surface area contributed by atoms with Crippen molar-refractivity contribution in [3.8, 4) is 55.6 Å². The van der Waals surface area contributed by atoms with Gasteiger partial charge in [0.25, 0.3) is 0 Å². The van der Waals surface area contributed by atoms with Crippen LogP contribution < -0.4 is 4.90 Å². The smallest absolute Gasteiger partial charge is 0.0624 e. The van der Waals surface area contributed by atoms with Crippen LogP contribution in [0, 0.1) is 0 Å². The molecule has 0 N–H and O–H groups in total. The first-order chi connectivity index (χ1) is 29.5. The van der Waals surface area contributed by atoms with Gasteiger partial charge in [-0.1, -0.05) is 208 Å². The van der Waals surface area contributed by atoms with Crippen LogP contribution in [0.2, 0.25) is 0 Å². The molecule has 1 aliphatic rings. The molecule has 0 radical (unpaired) electrons. The van der Waals surface area contributed by atoms with Gasteiger partial charge >= 0.3 is 0 Å². The average Bonchev–Trinajstić information content (AvgIpc) is 3.55. The van der Waals surface area contributed by atoms with E-state index in [1.54, 1.807) is 0 Å². The highest BCUT2D eigenvalue weighted by molar-refractivity contribution is 6.22. The summed E-state index contributed by atoms with van der Waals surface area (Å²) >= 11 is 0. The number of fused-ring (bicyclic) bond motifs is 6. The quantitative estimate of drug-likeness (QED) is 0.146. The second-order valence-electron chi connectivity index (χ2n) is 16.5. The normalized spacial score (nSPS) is 12.6. The Morgan fingerprint density at radius 1 is 0.300 bits per heavy atom. The monoisotopic (exact) mass is 765 g/mol. The number of benzene rings is 10. The first-order valence-electron chi connectivity index (χ1n) is 20.9. The molecule has 1 aliphatic carbocycles. The highest BCUT2D eigenvalue weighted by Crippen LogP contribution is 2.54. The van der Waals surface area contributed by atoms with E-state index >= 15 is 0 Å². The molecule has 60 heavy (non-hydrogen) atoms. The number of rotatable bonds is 7. The van der Waals surface area contributed by atoms with Gasteiger partial charge in [0.1, 0.15) is 0 Å². The molecule has 1 nitrogen and oxygen atoms in total. The van der Waals surface area contributed by atoms with E-state index < -0.39 is 0 Å². The third-order valence-corrected chi connectivity index (χ3v) is 12.6. The lowest BCUT2D eigenvalue weighted by Crippen LogP contribution is -2.17. The van der Waals surface area contributed by atoms with E-state index in [0.717, 1.165) is 17.1 Å². The second-order valence-corrected chi connectivity index (χ2v) is 16.5. The van der Waals surface area contributed by atoms with Crippen LogP contribution in [-0.4, -0.2) is 0 Å². The Hall–Kier alpha value is -7.48. The highest BCUT2D eigenvalue weighted by atomic mass is 15.1. The van der Waals surface area contributed by atoms with Gasteiger partial charge in [-0.3, -0.25) is 0 Å². The van der Waals surface area contributed by atoms with Crippen molar-refractivity contribution < 1.29 is 0 Å². The van der Waals surface area contributed by atoms with Gasteiger partial charge in [0, 0.05) is 27.7 Å². The summed E-state index contributed by atoms with van der Waals surface area (Å²) in [5.41, 5.74) is 18.1. The largest absolute Gasteiger partial charge is 0.309 e. The van der Waals surface area contributed by atoms with Gasteiger partial charge in [-0.05, 0) is 108 Å². The molecule has 0 bridgehead atoms. The van der Waals surface area contributed by atoms with Crippen LogP contribution in [0.4, 0.5) is 17.1 Å². The molecule has 1 heteroatoms. The molecular formula is C59H43N. The number of nitrogens with zero attached hydrogens (tertiary/aromatic N) is 1. The van der Waals surface area contributed by atoms with Crippen LogP contribution in [0.15, 0.2) is 224 Å². The van der Waals surface area contributed by atoms with E-state index in [-0.39, 0.29) is 5.41 Å². The van der Waals surface area contributed by atoms with Crippen molar-refractivity contribution in [3.63, 3.8) is 0 Å². The molecule has 0 spiro atoms. The van der Waals surface area contributed by atoms with Crippen molar-refractivity contribution in [2.45, 2.75) is 19.3 Å². The minimum Gasteiger partial charge on any atom is -0.309 e. The highest BCUT2D eigenvalue weighted by Gasteiger charge is 2.36. The summed E-state index contributed by atoms with van der Waals surface area (Å²) < 4.78 is 0. The van der Waals surface area contributed by atoms with Gasteiger partial charge in [0.15, 0.2) is 0 Å². The van der Waals surface area contributed by atoms with Gasteiger partial charge in [0.2, 0.25) is 0 Å². The zero-order valence-electron chi connectivity index (χ0n) is 33.8. The van der Waals surface area contributed by atoms with Crippen LogP contribution in [0.5, 0.6) is 0 Å². The fourth-order valence-electron chi connectivity index (χ4n) is 9.77. The van der Waals surface area contributed by atoms with E-state index in [1.807, 2.05) is 0 Å². The summed E-state index contributed by atoms with van der Waals surface area (Å²) in [6.45, 7) is 4.75. The van der Waals surface area contributed by atoms with E-state index in [2.05, 4.69) is 243 Å². The van der Waals surface area contributed by atoms with Crippen LogP contribution in [-0.2, 0) is 5.41 Å². The minimum absolute atomic E-state index is 0.168. The summed E-state index contributed by atoms with van der Waals surface area (Å²) in [5, 5.41) is 4.90. The maximum absolute atomic E-state index is 2.56. The van der Waals surface area contributed by atoms with Crippen molar-refractivity contribution in [1.29, 1.82) is 0 Å². The molecule has 11 rings (SSSR count). The molecule has 0 heterocycles. The molecule has 0 aliphatic heterocycles. The molecule has 0 atom stereocenters. The van der Waals surface area contributed by atoms with Gasteiger partial charge in [-0.15, -0.1) is 0 Å². The molecule has 0 saturated heterocycles. The van der Waals surface area contributed by atoms with Gasteiger partial charge in [-0.25, -0.2) is 0 Å². The summed E-state index contributed by atoms with van der Waals surface area (Å²) in [7, 11) is 0. The van der Waals surface area contributed by atoms with Gasteiger partial charge in [0.05, 0.1) is 5.69 Å². The topological polar surface area (TPSA) is 3.24 Å². The Labute approximate surface area is 352 Å². The summed E-state index contributed by atoms with van der Waals surface area (Å²) in [4.78, 5) is 2.56. The molecule has 0 saturated carbocycles. The van der Waals surface area contributed by atoms with E-state index in [4.69, 9.17) is 0 Å². The molecule has 10 aromatic carbocycles. The standard InChI is InChI=1S/C59H43N/c1-59(2)55-32-17-16-29-50(55)51-36-34-46(39-56(51)59)60(45-33-35-47(41-21-8-4-9-22-41)54(38-45)42-23-10-5-11-24-42)58-53-31-15-13-28-49(53)48-27-12-14-30-52(48)57(58)44-26-18-25-43(37-44)40-19-6-3-7-20-40/h3-39H,1-2H3. The Bertz CT molecular complexity index is 3220. The zero-order chi connectivity index (χ0) is 40.2. The molecule has 10 aromatic rings. The minimum atomic E-state index is -0.168. The predicted molar refractivity (Wildman–Crippen MR) is 255 cm³/mol. The molecular weight excluding hydrogens is 723 g/mol. The maximum atomic E-state index is 2.56. The van der Waals surface area contributed by atoms with Crippen molar-refractivity contribution >= 4 is 38.6 Å². The average molecular weight is 766 g/mol. The predicted octanol–water partition coefficient (Wildman–Crippen LogP) is 16.4. The SMILES string of the molecule is CC1(C)c2ccccc2-c2ccc(N(c3ccc(-c4ccccc4)c(-c4ccccc4)c3)c3c(-c4cccc(-c5ccccc5)c4)c4ccccc4c4ccccc34)cc21. The van der Waals surface area contributed by atoms with Crippen LogP contribution in [0.1, 0.15) is 25.0 Å². The van der Waals surface area contributed by atoms with Crippen LogP contribution in [0.3, 0.4) is 0 Å². The van der Waals surface area contributed by atoms with Crippen molar-refractivity contribution in [1.82, 2.24) is 0 Å². The summed E-state index contributed by atoms with van der Waals surface area (Å²) in [6, 6.07) is 82.6. The molecule has 0 aromatic heterocycles. The first kappa shape index (κ1) is 35.7. The Morgan fingerprint density at radius 3 is 1.48 bits per heavy atom. The number of hydrogen-bond acceptors (Lipinski definition) is 1. The van der Waals surface area contributed by atoms with Crippen molar-refractivity contribution in [2.24, 2.45) is 0 Å². The Kier molecular flexibility index (Phi) is 8.57. The summed E-state index contributed by atoms with van der Waals surface area (Å²) in [5.74, 6) is 0. The first-order valence-corrected chi connectivity index (χ1v) is 20.9. The van der Waals surface area contributed by atoms with Crippen molar-refractivity contribution in [3.05, 3.63) is 236 Å². The van der Waals surface area contributed by atoms with Crippen LogP contribution >= 0.6 is 0 Å². The fourth-order valence-corrected chi connectivity index (χ4v) is 9.77. The van der Waals surface area contributed by atoms with Gasteiger partial charge < -0.3 is 4.90 Å². The third-order valence-electron chi connectivity index (χ3n) is 12.6. The number of hydrogen-bond donors (Lipinski definition) is 0. The Morgan fingerprint density at radius 2 is 0.783 bits per heavy atom. The lowest BCUT2D eigenvalue weighted by molar-refractivity contribution is 0.660. The lowest BCUT2D eigenvalue weighted by Gasteiger charge is -2.32.